The summed E-state index contributed by atoms with van der Waals surface area (Å²) in [5.74, 6) is 0.0259. The topological polar surface area (TPSA) is 33.2 Å². The third-order valence-electron chi connectivity index (χ3n) is 2.87. The molecule has 0 atom stereocenters. The average molecular weight is 319 g/mol. The first kappa shape index (κ1) is 13.7. The van der Waals surface area contributed by atoms with Gasteiger partial charge in [0.1, 0.15) is 0 Å². The summed E-state index contributed by atoms with van der Waals surface area (Å²) in [5.41, 5.74) is 2.94. The Bertz CT molecular complexity index is 540. The summed E-state index contributed by atoms with van der Waals surface area (Å²) in [6, 6.07) is 11.5. The highest BCUT2D eigenvalue weighted by Crippen LogP contribution is 2.11. The Morgan fingerprint density at radius 2 is 1.74 bits per heavy atom. The first-order valence-corrected chi connectivity index (χ1v) is 7.12. The maximum Gasteiger partial charge on any atom is 0.253 e. The van der Waals surface area contributed by atoms with Gasteiger partial charge in [-0.05, 0) is 35.4 Å². The van der Waals surface area contributed by atoms with Gasteiger partial charge in [0, 0.05) is 36.9 Å². The van der Waals surface area contributed by atoms with Gasteiger partial charge in [-0.2, -0.15) is 0 Å². The van der Waals surface area contributed by atoms with Crippen molar-refractivity contribution in [1.29, 1.82) is 0 Å². The van der Waals surface area contributed by atoms with E-state index < -0.39 is 0 Å². The molecule has 0 aliphatic carbocycles. The van der Waals surface area contributed by atoms with Crippen LogP contribution >= 0.6 is 15.9 Å². The molecule has 0 saturated carbocycles. The fourth-order valence-corrected chi connectivity index (χ4v) is 2.16. The molecule has 0 saturated heterocycles. The van der Waals surface area contributed by atoms with Gasteiger partial charge in [0.25, 0.3) is 5.91 Å². The second-order valence-electron chi connectivity index (χ2n) is 4.35. The molecule has 98 valence electrons. The van der Waals surface area contributed by atoms with Gasteiger partial charge in [-0.25, -0.2) is 0 Å². The van der Waals surface area contributed by atoms with Crippen LogP contribution in [0.1, 0.15) is 21.5 Å². The van der Waals surface area contributed by atoms with E-state index in [1.165, 1.54) is 0 Å². The summed E-state index contributed by atoms with van der Waals surface area (Å²) in [6.07, 6.45) is 3.47. The number of halogens is 1. The molecule has 1 heterocycles. The SMILES string of the molecule is CN(Cc1ccncc1)C(=O)c1ccc(CBr)cc1. The number of alkyl halides is 1. The van der Waals surface area contributed by atoms with Crippen LogP contribution in [0, 0.1) is 0 Å². The maximum absolute atomic E-state index is 12.2. The molecule has 0 spiro atoms. The van der Waals surface area contributed by atoms with Crippen molar-refractivity contribution in [2.24, 2.45) is 0 Å². The minimum absolute atomic E-state index is 0.0259. The zero-order chi connectivity index (χ0) is 13.7. The number of hydrogen-bond acceptors (Lipinski definition) is 2. The van der Waals surface area contributed by atoms with Crippen LogP contribution in [0.5, 0.6) is 0 Å². The highest BCUT2D eigenvalue weighted by Gasteiger charge is 2.11. The number of aromatic nitrogens is 1. The number of pyridine rings is 1. The van der Waals surface area contributed by atoms with E-state index in [-0.39, 0.29) is 5.91 Å². The second-order valence-corrected chi connectivity index (χ2v) is 4.91. The first-order valence-electron chi connectivity index (χ1n) is 6.00. The van der Waals surface area contributed by atoms with Crippen molar-refractivity contribution in [3.05, 3.63) is 65.5 Å². The lowest BCUT2D eigenvalue weighted by Gasteiger charge is -2.17. The Morgan fingerprint density at radius 3 is 2.32 bits per heavy atom. The molecule has 2 aromatic rings. The molecule has 0 radical (unpaired) electrons. The van der Waals surface area contributed by atoms with Crippen LogP contribution in [-0.4, -0.2) is 22.8 Å². The van der Waals surface area contributed by atoms with Crippen LogP contribution in [0.3, 0.4) is 0 Å². The number of amides is 1. The van der Waals surface area contributed by atoms with Gasteiger partial charge < -0.3 is 4.90 Å². The van der Waals surface area contributed by atoms with Gasteiger partial charge in [-0.1, -0.05) is 28.1 Å². The van der Waals surface area contributed by atoms with Gasteiger partial charge in [0.15, 0.2) is 0 Å². The van der Waals surface area contributed by atoms with E-state index in [9.17, 15) is 4.79 Å². The van der Waals surface area contributed by atoms with Crippen molar-refractivity contribution in [1.82, 2.24) is 9.88 Å². The normalized spacial score (nSPS) is 10.2. The Labute approximate surface area is 121 Å². The van der Waals surface area contributed by atoms with Gasteiger partial charge in [0.2, 0.25) is 0 Å². The summed E-state index contributed by atoms with van der Waals surface area (Å²) in [5, 5.41) is 0.800. The van der Waals surface area contributed by atoms with Crippen LogP contribution in [0.15, 0.2) is 48.8 Å². The number of benzene rings is 1. The third-order valence-corrected chi connectivity index (χ3v) is 3.52. The molecule has 19 heavy (non-hydrogen) atoms. The molecule has 3 nitrogen and oxygen atoms in total. The van der Waals surface area contributed by atoms with E-state index in [0.29, 0.717) is 12.1 Å². The van der Waals surface area contributed by atoms with Crippen molar-refractivity contribution in [3.8, 4) is 0 Å². The number of hydrogen-bond donors (Lipinski definition) is 0. The summed E-state index contributed by atoms with van der Waals surface area (Å²) in [7, 11) is 1.81. The smallest absolute Gasteiger partial charge is 0.253 e. The lowest BCUT2D eigenvalue weighted by atomic mass is 10.1. The van der Waals surface area contributed by atoms with Crippen molar-refractivity contribution in [3.63, 3.8) is 0 Å². The van der Waals surface area contributed by atoms with Gasteiger partial charge in [-0.3, -0.25) is 9.78 Å². The van der Waals surface area contributed by atoms with Crippen molar-refractivity contribution >= 4 is 21.8 Å². The van der Waals surface area contributed by atoms with Crippen molar-refractivity contribution in [2.45, 2.75) is 11.9 Å². The molecule has 0 N–H and O–H groups in total. The minimum atomic E-state index is 0.0259. The zero-order valence-corrected chi connectivity index (χ0v) is 12.3. The largest absolute Gasteiger partial charge is 0.337 e. The third kappa shape index (κ3) is 3.64. The van der Waals surface area contributed by atoms with Crippen LogP contribution in [0.25, 0.3) is 0 Å². The highest BCUT2D eigenvalue weighted by molar-refractivity contribution is 9.08. The molecule has 1 aromatic carbocycles. The number of carbonyl (C=O) groups excluding carboxylic acids is 1. The molecule has 0 bridgehead atoms. The summed E-state index contributed by atoms with van der Waals surface area (Å²) in [4.78, 5) is 17.9. The minimum Gasteiger partial charge on any atom is -0.337 e. The standard InChI is InChI=1S/C15H15BrN2O/c1-18(11-13-6-8-17-9-7-13)15(19)14-4-2-12(10-16)3-5-14/h2-9H,10-11H2,1H3. The molecule has 1 amide bonds. The summed E-state index contributed by atoms with van der Waals surface area (Å²) < 4.78 is 0. The molecule has 1 aromatic heterocycles. The zero-order valence-electron chi connectivity index (χ0n) is 10.7. The molecule has 0 unspecified atom stereocenters. The van der Waals surface area contributed by atoms with E-state index in [0.717, 1.165) is 16.5 Å². The predicted octanol–water partition coefficient (Wildman–Crippen LogP) is 3.25. The van der Waals surface area contributed by atoms with E-state index in [1.807, 2.05) is 36.4 Å². The van der Waals surface area contributed by atoms with E-state index in [4.69, 9.17) is 0 Å². The van der Waals surface area contributed by atoms with E-state index >= 15 is 0 Å². The monoisotopic (exact) mass is 318 g/mol. The quantitative estimate of drug-likeness (QED) is 0.811. The number of carbonyl (C=O) groups is 1. The number of rotatable bonds is 4. The second kappa shape index (κ2) is 6.48. The van der Waals surface area contributed by atoms with Crippen LogP contribution < -0.4 is 0 Å². The Hall–Kier alpha value is -1.68. The highest BCUT2D eigenvalue weighted by atomic mass is 79.9. The van der Waals surface area contributed by atoms with Crippen LogP contribution in [0.4, 0.5) is 0 Å². The Balaban J connectivity index is 2.06. The average Bonchev–Trinajstić information content (AvgIpc) is 2.47. The number of nitrogens with zero attached hydrogens (tertiary/aromatic N) is 2. The molecule has 0 aliphatic rings. The van der Waals surface area contributed by atoms with E-state index in [2.05, 4.69) is 20.9 Å². The molecule has 2 rings (SSSR count). The van der Waals surface area contributed by atoms with Gasteiger partial charge in [-0.15, -0.1) is 0 Å². The molecule has 0 aliphatic heterocycles. The van der Waals surface area contributed by atoms with Crippen molar-refractivity contribution in [2.75, 3.05) is 7.05 Å². The van der Waals surface area contributed by atoms with Crippen LogP contribution in [0.2, 0.25) is 0 Å². The lowest BCUT2D eigenvalue weighted by Crippen LogP contribution is -2.26. The van der Waals surface area contributed by atoms with E-state index in [1.54, 1.807) is 24.3 Å². The maximum atomic E-state index is 12.2. The van der Waals surface area contributed by atoms with Gasteiger partial charge in [0.05, 0.1) is 0 Å². The van der Waals surface area contributed by atoms with Crippen LogP contribution in [-0.2, 0) is 11.9 Å². The lowest BCUT2D eigenvalue weighted by molar-refractivity contribution is 0.0785. The fraction of sp³-hybridized carbons (Fsp3) is 0.200. The summed E-state index contributed by atoms with van der Waals surface area (Å²) >= 11 is 3.39. The fourth-order valence-electron chi connectivity index (χ4n) is 1.79. The first-order chi connectivity index (χ1) is 9.20. The predicted molar refractivity (Wildman–Crippen MR) is 79.1 cm³/mol. The van der Waals surface area contributed by atoms with Gasteiger partial charge >= 0.3 is 0 Å². The molecular formula is C15H15BrN2O. The Morgan fingerprint density at radius 1 is 1.11 bits per heavy atom. The Kier molecular flexibility index (Phi) is 4.68. The molecule has 0 fully saturated rings. The molecular weight excluding hydrogens is 304 g/mol. The van der Waals surface area contributed by atoms with Crippen molar-refractivity contribution < 1.29 is 4.79 Å². The molecule has 4 heteroatoms. The summed E-state index contributed by atoms with van der Waals surface area (Å²) in [6.45, 7) is 0.585.